The number of methoxy groups -OCH3 is 1. The quantitative estimate of drug-likeness (QED) is 0.190. The van der Waals surface area contributed by atoms with Crippen molar-refractivity contribution in [1.82, 2.24) is 10.6 Å². The van der Waals surface area contributed by atoms with Crippen LogP contribution in [-0.4, -0.2) is 33.0 Å². The highest BCUT2D eigenvalue weighted by Crippen LogP contribution is 2.31. The van der Waals surface area contributed by atoms with Crippen LogP contribution < -0.4 is 20.7 Å². The largest absolute Gasteiger partial charge is 0.496 e. The zero-order valence-corrected chi connectivity index (χ0v) is 17.9. The molecule has 8 nitrogen and oxygen atoms in total. The summed E-state index contributed by atoms with van der Waals surface area (Å²) in [4.78, 5) is 23.0. The molecule has 2 rings (SSSR count). The lowest BCUT2D eigenvalue weighted by Gasteiger charge is -2.27. The van der Waals surface area contributed by atoms with Gasteiger partial charge >= 0.3 is 0 Å². The van der Waals surface area contributed by atoms with Crippen molar-refractivity contribution in [3.05, 3.63) is 64.2 Å². The minimum atomic E-state index is -1.97. The average molecular weight is 478 g/mol. The van der Waals surface area contributed by atoms with E-state index in [1.54, 1.807) is 30.3 Å². The first kappa shape index (κ1) is 23.0. The predicted molar refractivity (Wildman–Crippen MR) is 117 cm³/mol. The van der Waals surface area contributed by atoms with Crippen LogP contribution in [0.25, 0.3) is 0 Å². The molecule has 1 amide bonds. The predicted octanol–water partition coefficient (Wildman–Crippen LogP) is 4.02. The van der Waals surface area contributed by atoms with Crippen molar-refractivity contribution >= 4 is 69.4 Å². The molecule has 0 heterocycles. The highest BCUT2D eigenvalue weighted by molar-refractivity contribution is 7.80. The Morgan fingerprint density at radius 1 is 1.17 bits per heavy atom. The second kappa shape index (κ2) is 9.93. The molecule has 0 fully saturated rings. The van der Waals surface area contributed by atoms with Gasteiger partial charge in [0.05, 0.1) is 18.1 Å². The van der Waals surface area contributed by atoms with E-state index in [2.05, 4.69) is 16.0 Å². The third-order valence-electron chi connectivity index (χ3n) is 3.56. The number of nitrogens with one attached hydrogen (secondary N) is 3. The third kappa shape index (κ3) is 6.60. The van der Waals surface area contributed by atoms with E-state index in [0.717, 1.165) is 0 Å². The Hall–Kier alpha value is -2.33. The Labute approximate surface area is 186 Å². The highest BCUT2D eigenvalue weighted by atomic mass is 35.6. The number of thiocarbonyl (C=S) groups is 1. The van der Waals surface area contributed by atoms with E-state index in [-0.39, 0.29) is 16.5 Å². The fraction of sp³-hybridized carbons (Fsp3) is 0.176. The van der Waals surface area contributed by atoms with E-state index < -0.39 is 20.8 Å². The van der Waals surface area contributed by atoms with Crippen molar-refractivity contribution < 1.29 is 14.5 Å². The number of anilines is 1. The molecule has 0 bridgehead atoms. The molecule has 2 aromatic rings. The standard InChI is InChI=1S/C17H15Cl3N4O4S/c1-28-11-7-8-12(13(9-11)24(26)27)21-16(29)23-15(17(18,19)20)22-14(25)10-5-3-2-4-6-10/h2-9,15H,1H3,(H,22,25)(H2,21,23,29)/t15-/m1/s1. The van der Waals surface area contributed by atoms with Gasteiger partial charge in [-0.1, -0.05) is 53.0 Å². The van der Waals surface area contributed by atoms with Crippen LogP contribution >= 0.6 is 47.0 Å². The molecule has 0 aliphatic rings. The first-order valence-corrected chi connectivity index (χ1v) is 9.48. The fourth-order valence-corrected chi connectivity index (χ4v) is 2.74. The van der Waals surface area contributed by atoms with Crippen LogP contribution in [0.15, 0.2) is 48.5 Å². The molecule has 0 radical (unpaired) electrons. The number of hydrogen-bond acceptors (Lipinski definition) is 5. The second-order valence-corrected chi connectivity index (χ2v) is 8.33. The molecule has 3 N–H and O–H groups in total. The minimum Gasteiger partial charge on any atom is -0.496 e. The number of amides is 1. The molecule has 0 aromatic heterocycles. The van der Waals surface area contributed by atoms with Crippen LogP contribution in [0.1, 0.15) is 10.4 Å². The Morgan fingerprint density at radius 3 is 2.38 bits per heavy atom. The molecule has 154 valence electrons. The molecular weight excluding hydrogens is 463 g/mol. The number of carbonyl (C=O) groups excluding carboxylic acids is 1. The third-order valence-corrected chi connectivity index (χ3v) is 4.44. The molecular formula is C17H15Cl3N4O4S. The summed E-state index contributed by atoms with van der Waals surface area (Å²) in [5.41, 5.74) is 0.163. The number of halogens is 3. The van der Waals surface area contributed by atoms with E-state index in [1.165, 1.54) is 25.3 Å². The molecule has 0 aliphatic heterocycles. The van der Waals surface area contributed by atoms with E-state index in [4.69, 9.17) is 51.8 Å². The molecule has 0 unspecified atom stereocenters. The van der Waals surface area contributed by atoms with Crippen LogP contribution in [0.2, 0.25) is 0 Å². The van der Waals surface area contributed by atoms with Gasteiger partial charge in [0.25, 0.3) is 11.6 Å². The molecule has 1 atom stereocenters. The number of rotatable bonds is 6. The maximum atomic E-state index is 12.4. The van der Waals surface area contributed by atoms with Gasteiger partial charge < -0.3 is 20.7 Å². The van der Waals surface area contributed by atoms with Crippen molar-refractivity contribution in [1.29, 1.82) is 0 Å². The van der Waals surface area contributed by atoms with E-state index in [9.17, 15) is 14.9 Å². The van der Waals surface area contributed by atoms with Gasteiger partial charge in [-0.3, -0.25) is 14.9 Å². The summed E-state index contributed by atoms with van der Waals surface area (Å²) in [6, 6.07) is 12.4. The zero-order chi connectivity index (χ0) is 21.6. The summed E-state index contributed by atoms with van der Waals surface area (Å²) in [6.07, 6.45) is -1.22. The van der Waals surface area contributed by atoms with Gasteiger partial charge in [-0.2, -0.15) is 0 Å². The normalized spacial score (nSPS) is 11.9. The van der Waals surface area contributed by atoms with Crippen LogP contribution in [0.4, 0.5) is 11.4 Å². The zero-order valence-electron chi connectivity index (χ0n) is 14.8. The van der Waals surface area contributed by atoms with Gasteiger partial charge in [-0.05, 0) is 36.5 Å². The number of nitro benzene ring substituents is 1. The number of alkyl halides is 3. The van der Waals surface area contributed by atoms with Gasteiger partial charge in [-0.25, -0.2) is 0 Å². The molecule has 0 saturated carbocycles. The van der Waals surface area contributed by atoms with Gasteiger partial charge in [0, 0.05) is 5.56 Å². The van der Waals surface area contributed by atoms with E-state index in [1.807, 2.05) is 0 Å². The molecule has 12 heteroatoms. The van der Waals surface area contributed by atoms with Crippen molar-refractivity contribution in [2.45, 2.75) is 9.96 Å². The van der Waals surface area contributed by atoms with Crippen molar-refractivity contribution in [2.75, 3.05) is 12.4 Å². The van der Waals surface area contributed by atoms with Crippen LogP contribution in [0.3, 0.4) is 0 Å². The van der Waals surface area contributed by atoms with Crippen LogP contribution in [0, 0.1) is 10.1 Å². The summed E-state index contributed by atoms with van der Waals surface area (Å²) in [5.74, 6) is -0.205. The maximum absolute atomic E-state index is 12.4. The number of ether oxygens (including phenoxy) is 1. The van der Waals surface area contributed by atoms with E-state index in [0.29, 0.717) is 11.3 Å². The minimum absolute atomic E-state index is 0.0887. The van der Waals surface area contributed by atoms with Gasteiger partial charge in [-0.15, -0.1) is 0 Å². The Kier molecular flexibility index (Phi) is 7.86. The lowest BCUT2D eigenvalue weighted by molar-refractivity contribution is -0.384. The topological polar surface area (TPSA) is 106 Å². The molecule has 2 aromatic carbocycles. The Balaban J connectivity index is 2.15. The number of hydrogen-bond donors (Lipinski definition) is 3. The second-order valence-electron chi connectivity index (χ2n) is 5.55. The summed E-state index contributed by atoms with van der Waals surface area (Å²) in [6.45, 7) is 0. The van der Waals surface area contributed by atoms with Gasteiger partial charge in [0.15, 0.2) is 5.11 Å². The van der Waals surface area contributed by atoms with Crippen LogP contribution in [0.5, 0.6) is 5.75 Å². The number of benzene rings is 2. The summed E-state index contributed by atoms with van der Waals surface area (Å²) in [7, 11) is 1.39. The summed E-state index contributed by atoms with van der Waals surface area (Å²) < 4.78 is 3.01. The number of carbonyl (C=O) groups is 1. The first-order valence-electron chi connectivity index (χ1n) is 7.94. The molecule has 0 spiro atoms. The molecule has 0 saturated heterocycles. The molecule has 0 aliphatic carbocycles. The smallest absolute Gasteiger partial charge is 0.296 e. The Morgan fingerprint density at radius 2 is 1.83 bits per heavy atom. The monoisotopic (exact) mass is 476 g/mol. The lowest BCUT2D eigenvalue weighted by Crippen LogP contribution is -2.56. The molecule has 29 heavy (non-hydrogen) atoms. The number of nitrogens with zero attached hydrogens (tertiary/aromatic N) is 1. The number of nitro groups is 1. The lowest BCUT2D eigenvalue weighted by atomic mass is 10.2. The van der Waals surface area contributed by atoms with Crippen molar-refractivity contribution in [3.63, 3.8) is 0 Å². The highest BCUT2D eigenvalue weighted by Gasteiger charge is 2.35. The summed E-state index contributed by atoms with van der Waals surface area (Å²) >= 11 is 23.0. The van der Waals surface area contributed by atoms with Crippen molar-refractivity contribution in [2.24, 2.45) is 0 Å². The van der Waals surface area contributed by atoms with Gasteiger partial charge in [0.2, 0.25) is 3.79 Å². The van der Waals surface area contributed by atoms with E-state index >= 15 is 0 Å². The Bertz CT molecular complexity index is 909. The SMILES string of the molecule is COc1ccc(NC(=S)N[C@@H](NC(=O)c2ccccc2)C(Cl)(Cl)Cl)c([N+](=O)[O-])c1. The average Bonchev–Trinajstić information content (AvgIpc) is 2.67. The van der Waals surface area contributed by atoms with Crippen LogP contribution in [-0.2, 0) is 0 Å². The van der Waals surface area contributed by atoms with Crippen molar-refractivity contribution in [3.8, 4) is 5.75 Å². The fourth-order valence-electron chi connectivity index (χ4n) is 2.19. The maximum Gasteiger partial charge on any atom is 0.296 e. The van der Waals surface area contributed by atoms with Gasteiger partial charge in [0.1, 0.15) is 17.6 Å². The first-order chi connectivity index (χ1) is 13.6. The summed E-state index contributed by atoms with van der Waals surface area (Å²) in [5, 5.41) is 19.0.